The fourth-order valence-corrected chi connectivity index (χ4v) is 1.35. The molecule has 0 heterocycles. The van der Waals surface area contributed by atoms with Gasteiger partial charge < -0.3 is 25.4 Å². The van der Waals surface area contributed by atoms with Crippen LogP contribution in [0.2, 0.25) is 0 Å². The first kappa shape index (κ1) is 12.6. The summed E-state index contributed by atoms with van der Waals surface area (Å²) >= 11 is 0. The molecule has 1 aromatic rings. The maximum absolute atomic E-state index is 8.69. The van der Waals surface area contributed by atoms with Gasteiger partial charge in [0.25, 0.3) is 0 Å². The summed E-state index contributed by atoms with van der Waals surface area (Å²) in [6, 6.07) is 3.40. The summed E-state index contributed by atoms with van der Waals surface area (Å²) in [5.41, 5.74) is 7.02. The first-order valence-corrected chi connectivity index (χ1v) is 5.07. The highest BCUT2D eigenvalue weighted by Gasteiger charge is 2.10. The number of hydrogen-bond acceptors (Lipinski definition) is 5. The van der Waals surface area contributed by atoms with Gasteiger partial charge in [0.05, 0.1) is 18.9 Å². The lowest BCUT2D eigenvalue weighted by atomic mass is 10.1. The van der Waals surface area contributed by atoms with E-state index in [1.54, 1.807) is 12.1 Å². The molecule has 16 heavy (non-hydrogen) atoms. The summed E-state index contributed by atoms with van der Waals surface area (Å²) in [5.74, 6) is 1.14. The Morgan fingerprint density at radius 1 is 1.12 bits per heavy atom. The van der Waals surface area contributed by atoms with E-state index in [1.165, 1.54) is 0 Å². The summed E-state index contributed by atoms with van der Waals surface area (Å²) < 4.78 is 10.6. The second kappa shape index (κ2) is 6.19. The van der Waals surface area contributed by atoms with Gasteiger partial charge in [0.1, 0.15) is 24.7 Å². The fraction of sp³-hybridized carbons (Fsp3) is 0.455. The van der Waals surface area contributed by atoms with Gasteiger partial charge in [0.15, 0.2) is 0 Å². The molecule has 0 saturated heterocycles. The molecule has 0 saturated carbocycles. The molecule has 90 valence electrons. The summed E-state index contributed by atoms with van der Waals surface area (Å²) in [4.78, 5) is 0. The van der Waals surface area contributed by atoms with Gasteiger partial charge in [-0.25, -0.2) is 0 Å². The van der Waals surface area contributed by atoms with Crippen molar-refractivity contribution in [2.24, 2.45) is 0 Å². The van der Waals surface area contributed by atoms with E-state index < -0.39 is 0 Å². The van der Waals surface area contributed by atoms with Crippen LogP contribution in [-0.4, -0.2) is 36.6 Å². The number of aliphatic hydroxyl groups excluding tert-OH is 2. The van der Waals surface area contributed by atoms with Gasteiger partial charge in [0.2, 0.25) is 0 Å². The first-order valence-electron chi connectivity index (χ1n) is 5.07. The lowest BCUT2D eigenvalue weighted by Gasteiger charge is -2.14. The molecule has 0 radical (unpaired) electrons. The molecule has 1 aromatic carbocycles. The predicted molar refractivity (Wildman–Crippen MR) is 60.8 cm³/mol. The zero-order valence-corrected chi connectivity index (χ0v) is 9.27. The summed E-state index contributed by atoms with van der Waals surface area (Å²) in [6.45, 7) is 2.12. The molecule has 5 nitrogen and oxygen atoms in total. The molecule has 0 aliphatic rings. The minimum absolute atomic E-state index is 0.0450. The topological polar surface area (TPSA) is 84.9 Å². The van der Waals surface area contributed by atoms with Crippen molar-refractivity contribution in [1.82, 2.24) is 0 Å². The second-order valence-corrected chi connectivity index (χ2v) is 3.25. The van der Waals surface area contributed by atoms with E-state index in [0.717, 1.165) is 5.56 Å². The lowest BCUT2D eigenvalue weighted by Crippen LogP contribution is -2.08. The van der Waals surface area contributed by atoms with Crippen molar-refractivity contribution in [3.8, 4) is 11.5 Å². The summed E-state index contributed by atoms with van der Waals surface area (Å²) in [5, 5.41) is 17.4. The van der Waals surface area contributed by atoms with Gasteiger partial charge in [-0.3, -0.25) is 0 Å². The maximum atomic E-state index is 8.69. The number of ether oxygens (including phenoxy) is 2. The van der Waals surface area contributed by atoms with Crippen molar-refractivity contribution in [3.05, 3.63) is 17.7 Å². The van der Waals surface area contributed by atoms with E-state index >= 15 is 0 Å². The van der Waals surface area contributed by atoms with Crippen LogP contribution in [0.25, 0.3) is 0 Å². The lowest BCUT2D eigenvalue weighted by molar-refractivity contribution is 0.193. The van der Waals surface area contributed by atoms with E-state index in [-0.39, 0.29) is 26.4 Å². The highest BCUT2D eigenvalue weighted by Crippen LogP contribution is 2.33. The Bertz CT molecular complexity index is 341. The van der Waals surface area contributed by atoms with Gasteiger partial charge in [-0.2, -0.15) is 0 Å². The number of benzene rings is 1. The van der Waals surface area contributed by atoms with Crippen LogP contribution in [0.4, 0.5) is 5.69 Å². The Labute approximate surface area is 94.4 Å². The molecule has 0 aliphatic heterocycles. The van der Waals surface area contributed by atoms with E-state index in [0.29, 0.717) is 17.2 Å². The van der Waals surface area contributed by atoms with E-state index in [4.69, 9.17) is 25.4 Å². The predicted octanol–water partition coefficient (Wildman–Crippen LogP) is 0.319. The monoisotopic (exact) mass is 227 g/mol. The van der Waals surface area contributed by atoms with Gasteiger partial charge in [0, 0.05) is 5.56 Å². The third-order valence-electron chi connectivity index (χ3n) is 2.07. The van der Waals surface area contributed by atoms with E-state index in [1.807, 2.05) is 6.92 Å². The van der Waals surface area contributed by atoms with Crippen molar-refractivity contribution in [2.45, 2.75) is 6.92 Å². The van der Waals surface area contributed by atoms with Crippen LogP contribution in [0.15, 0.2) is 12.1 Å². The maximum Gasteiger partial charge on any atom is 0.148 e. The zero-order valence-electron chi connectivity index (χ0n) is 9.27. The number of nitrogens with two attached hydrogens (primary N) is 1. The second-order valence-electron chi connectivity index (χ2n) is 3.25. The number of aliphatic hydroxyl groups is 2. The number of nitrogen functional groups attached to an aromatic ring is 1. The molecule has 0 bridgehead atoms. The fourth-order valence-electron chi connectivity index (χ4n) is 1.35. The highest BCUT2D eigenvalue weighted by molar-refractivity contribution is 5.61. The number of rotatable bonds is 6. The van der Waals surface area contributed by atoms with Crippen LogP contribution in [0.5, 0.6) is 11.5 Å². The smallest absolute Gasteiger partial charge is 0.148 e. The van der Waals surface area contributed by atoms with Crippen molar-refractivity contribution >= 4 is 5.69 Å². The Hall–Kier alpha value is -1.46. The SMILES string of the molecule is Cc1c(OCCO)ccc(N)c1OCCO. The zero-order chi connectivity index (χ0) is 12.0. The van der Waals surface area contributed by atoms with Gasteiger partial charge >= 0.3 is 0 Å². The molecular formula is C11H17NO4. The molecule has 0 fully saturated rings. The molecule has 0 aliphatic carbocycles. The van der Waals surface area contributed by atoms with E-state index in [9.17, 15) is 0 Å². The van der Waals surface area contributed by atoms with Crippen molar-refractivity contribution in [1.29, 1.82) is 0 Å². The molecule has 0 atom stereocenters. The Kier molecular flexibility index (Phi) is 4.88. The minimum Gasteiger partial charge on any atom is -0.491 e. The van der Waals surface area contributed by atoms with Crippen LogP contribution in [-0.2, 0) is 0 Å². The van der Waals surface area contributed by atoms with Gasteiger partial charge in [-0.05, 0) is 19.1 Å². The Balaban J connectivity index is 2.87. The van der Waals surface area contributed by atoms with E-state index in [2.05, 4.69) is 0 Å². The highest BCUT2D eigenvalue weighted by atomic mass is 16.5. The molecule has 0 amide bonds. The molecule has 5 heteroatoms. The molecule has 4 N–H and O–H groups in total. The normalized spacial score (nSPS) is 10.2. The minimum atomic E-state index is -0.0688. The Morgan fingerprint density at radius 3 is 2.38 bits per heavy atom. The van der Waals surface area contributed by atoms with Crippen molar-refractivity contribution in [3.63, 3.8) is 0 Å². The van der Waals surface area contributed by atoms with Crippen molar-refractivity contribution in [2.75, 3.05) is 32.2 Å². The van der Waals surface area contributed by atoms with Crippen molar-refractivity contribution < 1.29 is 19.7 Å². The quantitative estimate of drug-likeness (QED) is 0.609. The average molecular weight is 227 g/mol. The third-order valence-corrected chi connectivity index (χ3v) is 2.07. The molecular weight excluding hydrogens is 210 g/mol. The van der Waals surface area contributed by atoms with Crippen LogP contribution in [0, 0.1) is 6.92 Å². The summed E-state index contributed by atoms with van der Waals surface area (Å²) in [6.07, 6.45) is 0. The molecule has 0 unspecified atom stereocenters. The van der Waals surface area contributed by atoms with Crippen LogP contribution >= 0.6 is 0 Å². The average Bonchev–Trinajstić information content (AvgIpc) is 2.28. The molecule has 1 rings (SSSR count). The third kappa shape index (κ3) is 3.01. The summed E-state index contributed by atoms with van der Waals surface area (Å²) in [7, 11) is 0. The molecule has 0 spiro atoms. The van der Waals surface area contributed by atoms with Crippen LogP contribution in [0.3, 0.4) is 0 Å². The Morgan fingerprint density at radius 2 is 1.75 bits per heavy atom. The van der Waals surface area contributed by atoms with Gasteiger partial charge in [-0.1, -0.05) is 0 Å². The standard InChI is InChI=1S/C11H17NO4/c1-8-10(15-6-4-13)3-2-9(12)11(8)16-7-5-14/h2-3,13-14H,4-7,12H2,1H3. The largest absolute Gasteiger partial charge is 0.491 e. The number of anilines is 1. The van der Waals surface area contributed by atoms with Crippen LogP contribution in [0.1, 0.15) is 5.56 Å². The van der Waals surface area contributed by atoms with Gasteiger partial charge in [-0.15, -0.1) is 0 Å². The van der Waals surface area contributed by atoms with Crippen LogP contribution < -0.4 is 15.2 Å². The number of hydrogen-bond donors (Lipinski definition) is 3. The molecule has 0 aromatic heterocycles. The first-order chi connectivity index (χ1) is 7.70.